The van der Waals surface area contributed by atoms with Crippen LogP contribution in [-0.2, 0) is 4.79 Å². The lowest BCUT2D eigenvalue weighted by Gasteiger charge is -2.02. The second-order valence-electron chi connectivity index (χ2n) is 2.89. The van der Waals surface area contributed by atoms with Crippen LogP contribution >= 0.6 is 0 Å². The first kappa shape index (κ1) is 9.78. The zero-order valence-electron chi connectivity index (χ0n) is 7.82. The zero-order chi connectivity index (χ0) is 9.52. The third-order valence-corrected chi connectivity index (χ3v) is 1.71. The van der Waals surface area contributed by atoms with E-state index in [1.807, 2.05) is 18.2 Å². The van der Waals surface area contributed by atoms with Crippen LogP contribution in [0.1, 0.15) is 26.2 Å². The van der Waals surface area contributed by atoms with Gasteiger partial charge in [0.1, 0.15) is 5.75 Å². The van der Waals surface area contributed by atoms with E-state index < -0.39 is 0 Å². The molecule has 0 aliphatic rings. The summed E-state index contributed by atoms with van der Waals surface area (Å²) in [4.78, 5) is 11.1. The fourth-order valence-electron chi connectivity index (χ4n) is 0.992. The molecule has 0 bridgehead atoms. The summed E-state index contributed by atoms with van der Waals surface area (Å²) < 4.78 is 5.08. The Morgan fingerprint density at radius 1 is 1.31 bits per heavy atom. The van der Waals surface area contributed by atoms with E-state index in [0.717, 1.165) is 12.8 Å². The van der Waals surface area contributed by atoms with Crippen LogP contribution in [0.2, 0.25) is 0 Å². The first-order valence-corrected chi connectivity index (χ1v) is 4.58. The lowest BCUT2D eigenvalue weighted by Crippen LogP contribution is -2.06. The van der Waals surface area contributed by atoms with Crippen molar-refractivity contribution in [3.8, 4) is 5.75 Å². The minimum Gasteiger partial charge on any atom is -0.427 e. The Bertz CT molecular complexity index is 254. The van der Waals surface area contributed by atoms with Crippen LogP contribution in [0.4, 0.5) is 0 Å². The van der Waals surface area contributed by atoms with E-state index in [0.29, 0.717) is 12.2 Å². The highest BCUT2D eigenvalue weighted by molar-refractivity contribution is 5.72. The Morgan fingerprint density at radius 2 is 2.00 bits per heavy atom. The van der Waals surface area contributed by atoms with Gasteiger partial charge in [-0.2, -0.15) is 0 Å². The lowest BCUT2D eigenvalue weighted by molar-refractivity contribution is -0.134. The second-order valence-corrected chi connectivity index (χ2v) is 2.89. The van der Waals surface area contributed by atoms with Crippen LogP contribution < -0.4 is 4.74 Å². The molecule has 0 fully saturated rings. The molecule has 70 valence electrons. The van der Waals surface area contributed by atoms with Crippen molar-refractivity contribution >= 4 is 5.97 Å². The molecule has 0 unspecified atom stereocenters. The van der Waals surface area contributed by atoms with Gasteiger partial charge in [0.25, 0.3) is 0 Å². The first-order valence-electron chi connectivity index (χ1n) is 4.58. The summed E-state index contributed by atoms with van der Waals surface area (Å²) in [6, 6.07) is 9.15. The summed E-state index contributed by atoms with van der Waals surface area (Å²) in [6.45, 7) is 2.05. The monoisotopic (exact) mass is 178 g/mol. The maximum absolute atomic E-state index is 11.1. The SMILES string of the molecule is CCCCC(=O)Oc1ccccc1. The van der Waals surface area contributed by atoms with Gasteiger partial charge in [-0.1, -0.05) is 31.5 Å². The molecule has 1 rings (SSSR count). The molecule has 0 heterocycles. The number of hydrogen-bond acceptors (Lipinski definition) is 2. The Morgan fingerprint density at radius 3 is 2.62 bits per heavy atom. The molecular formula is C11H14O2. The van der Waals surface area contributed by atoms with Crippen LogP contribution in [0, 0.1) is 0 Å². The van der Waals surface area contributed by atoms with Gasteiger partial charge >= 0.3 is 5.97 Å². The molecule has 0 N–H and O–H groups in total. The van der Waals surface area contributed by atoms with Crippen LogP contribution in [0.15, 0.2) is 30.3 Å². The van der Waals surface area contributed by atoms with Crippen molar-refractivity contribution in [2.45, 2.75) is 26.2 Å². The van der Waals surface area contributed by atoms with Crippen molar-refractivity contribution < 1.29 is 9.53 Å². The third kappa shape index (κ3) is 3.74. The largest absolute Gasteiger partial charge is 0.427 e. The summed E-state index contributed by atoms with van der Waals surface area (Å²) in [6.07, 6.45) is 2.42. The number of ether oxygens (including phenoxy) is 1. The highest BCUT2D eigenvalue weighted by Gasteiger charge is 2.02. The van der Waals surface area contributed by atoms with E-state index >= 15 is 0 Å². The van der Waals surface area contributed by atoms with Gasteiger partial charge in [-0.3, -0.25) is 4.79 Å². The number of rotatable bonds is 4. The Kier molecular flexibility index (Phi) is 4.03. The average molecular weight is 178 g/mol. The quantitative estimate of drug-likeness (QED) is 0.523. The number of hydrogen-bond donors (Lipinski definition) is 0. The molecule has 1 aromatic carbocycles. The standard InChI is InChI=1S/C11H14O2/c1-2-3-9-11(12)13-10-7-5-4-6-8-10/h4-8H,2-3,9H2,1H3. The number of unbranched alkanes of at least 4 members (excludes halogenated alkanes) is 1. The van der Waals surface area contributed by atoms with Gasteiger partial charge in [-0.05, 0) is 18.6 Å². The number of carbonyl (C=O) groups excluding carboxylic acids is 1. The van der Waals surface area contributed by atoms with E-state index in [4.69, 9.17) is 4.74 Å². The lowest BCUT2D eigenvalue weighted by atomic mass is 10.2. The minimum absolute atomic E-state index is 0.145. The Balaban J connectivity index is 2.37. The topological polar surface area (TPSA) is 26.3 Å². The van der Waals surface area contributed by atoms with Gasteiger partial charge in [0, 0.05) is 6.42 Å². The van der Waals surface area contributed by atoms with Gasteiger partial charge < -0.3 is 4.74 Å². The number of esters is 1. The highest BCUT2D eigenvalue weighted by atomic mass is 16.5. The van der Waals surface area contributed by atoms with Crippen LogP contribution in [0.25, 0.3) is 0 Å². The molecule has 13 heavy (non-hydrogen) atoms. The smallest absolute Gasteiger partial charge is 0.311 e. The zero-order valence-corrected chi connectivity index (χ0v) is 7.82. The van der Waals surface area contributed by atoms with E-state index in [1.54, 1.807) is 12.1 Å². The summed E-state index contributed by atoms with van der Waals surface area (Å²) >= 11 is 0. The molecule has 0 amide bonds. The Hall–Kier alpha value is -1.31. The molecule has 0 radical (unpaired) electrons. The molecule has 0 aliphatic heterocycles. The average Bonchev–Trinajstić information content (AvgIpc) is 2.16. The highest BCUT2D eigenvalue weighted by Crippen LogP contribution is 2.09. The molecule has 0 saturated heterocycles. The van der Waals surface area contributed by atoms with E-state index in [9.17, 15) is 4.79 Å². The predicted octanol–water partition coefficient (Wildman–Crippen LogP) is 2.78. The second kappa shape index (κ2) is 5.36. The number of para-hydroxylation sites is 1. The van der Waals surface area contributed by atoms with Crippen molar-refractivity contribution in [2.75, 3.05) is 0 Å². The van der Waals surface area contributed by atoms with E-state index in [1.165, 1.54) is 0 Å². The summed E-state index contributed by atoms with van der Waals surface area (Å²) in [7, 11) is 0. The summed E-state index contributed by atoms with van der Waals surface area (Å²) in [5.74, 6) is 0.483. The normalized spacial score (nSPS) is 9.62. The third-order valence-electron chi connectivity index (χ3n) is 1.71. The van der Waals surface area contributed by atoms with Gasteiger partial charge in [0.2, 0.25) is 0 Å². The molecule has 0 atom stereocenters. The molecule has 0 aliphatic carbocycles. The molecule has 2 nitrogen and oxygen atoms in total. The number of benzene rings is 1. The van der Waals surface area contributed by atoms with Crippen molar-refractivity contribution in [1.82, 2.24) is 0 Å². The van der Waals surface area contributed by atoms with E-state index in [-0.39, 0.29) is 5.97 Å². The first-order chi connectivity index (χ1) is 6.33. The van der Waals surface area contributed by atoms with Crippen LogP contribution in [-0.4, -0.2) is 5.97 Å². The van der Waals surface area contributed by atoms with Crippen molar-refractivity contribution in [2.24, 2.45) is 0 Å². The van der Waals surface area contributed by atoms with Gasteiger partial charge in [-0.25, -0.2) is 0 Å². The maximum atomic E-state index is 11.1. The van der Waals surface area contributed by atoms with Crippen molar-refractivity contribution in [3.63, 3.8) is 0 Å². The predicted molar refractivity (Wildman–Crippen MR) is 51.6 cm³/mol. The fourth-order valence-corrected chi connectivity index (χ4v) is 0.992. The van der Waals surface area contributed by atoms with Gasteiger partial charge in [0.15, 0.2) is 0 Å². The van der Waals surface area contributed by atoms with Crippen molar-refractivity contribution in [3.05, 3.63) is 30.3 Å². The number of carbonyl (C=O) groups is 1. The molecule has 1 aromatic rings. The molecular weight excluding hydrogens is 164 g/mol. The molecule has 2 heteroatoms. The summed E-state index contributed by atoms with van der Waals surface area (Å²) in [5, 5.41) is 0. The van der Waals surface area contributed by atoms with E-state index in [2.05, 4.69) is 6.92 Å². The molecule has 0 saturated carbocycles. The van der Waals surface area contributed by atoms with Crippen LogP contribution in [0.3, 0.4) is 0 Å². The fraction of sp³-hybridized carbons (Fsp3) is 0.364. The van der Waals surface area contributed by atoms with Gasteiger partial charge in [-0.15, -0.1) is 0 Å². The van der Waals surface area contributed by atoms with Crippen LogP contribution in [0.5, 0.6) is 5.75 Å². The molecule has 0 spiro atoms. The molecule has 0 aromatic heterocycles. The Labute approximate surface area is 78.5 Å². The maximum Gasteiger partial charge on any atom is 0.311 e. The van der Waals surface area contributed by atoms with Crippen molar-refractivity contribution in [1.29, 1.82) is 0 Å². The van der Waals surface area contributed by atoms with Gasteiger partial charge in [0.05, 0.1) is 0 Å². The summed E-state index contributed by atoms with van der Waals surface area (Å²) in [5.41, 5.74) is 0. The minimum atomic E-state index is -0.145.